The van der Waals surface area contributed by atoms with Gasteiger partial charge >= 0.3 is 5.97 Å². The molecule has 0 bridgehead atoms. The molecule has 0 spiro atoms. The summed E-state index contributed by atoms with van der Waals surface area (Å²) < 4.78 is 5.67. The molecule has 4 aromatic rings. The zero-order valence-corrected chi connectivity index (χ0v) is 21.8. The van der Waals surface area contributed by atoms with Crippen LogP contribution in [0, 0.1) is 29.9 Å². The van der Waals surface area contributed by atoms with Crippen LogP contribution in [0.5, 0.6) is 0 Å². The van der Waals surface area contributed by atoms with Gasteiger partial charge in [-0.3, -0.25) is 19.7 Å². The summed E-state index contributed by atoms with van der Waals surface area (Å²) in [4.78, 5) is 54.2. The number of amides is 1. The van der Waals surface area contributed by atoms with Crippen molar-refractivity contribution >= 4 is 34.7 Å². The van der Waals surface area contributed by atoms with Crippen molar-refractivity contribution in [2.45, 2.75) is 31.8 Å². The second kappa shape index (κ2) is 10.3. The lowest BCUT2D eigenvalue weighted by Gasteiger charge is -2.30. The van der Waals surface area contributed by atoms with Crippen LogP contribution in [-0.4, -0.2) is 38.6 Å². The van der Waals surface area contributed by atoms with E-state index in [4.69, 9.17) is 4.42 Å². The maximum Gasteiger partial charge on any atom is 0.327 e. The molecule has 4 unspecified atom stereocenters. The maximum atomic E-state index is 14.2. The third-order valence-corrected chi connectivity index (χ3v) is 8.21. The molecule has 10 heteroatoms. The predicted molar refractivity (Wildman–Crippen MR) is 143 cm³/mol. The fourth-order valence-corrected chi connectivity index (χ4v) is 6.53. The normalized spacial score (nSPS) is 20.6. The van der Waals surface area contributed by atoms with E-state index in [0.29, 0.717) is 10.6 Å². The molecule has 9 nitrogen and oxygen atoms in total. The second-order valence-electron chi connectivity index (χ2n) is 9.45. The minimum absolute atomic E-state index is 0.0327. The van der Waals surface area contributed by atoms with Gasteiger partial charge in [-0.1, -0.05) is 30.3 Å². The molecule has 3 heterocycles. The fraction of sp³-hybridized carbons (Fsp3) is 0.207. The summed E-state index contributed by atoms with van der Waals surface area (Å²) in [5, 5.41) is 24.1. The predicted octanol–water partition coefficient (Wildman–Crippen LogP) is 5.80. The van der Waals surface area contributed by atoms with E-state index in [-0.39, 0.29) is 22.6 Å². The molecular weight excluding hydrogens is 520 g/mol. The fourth-order valence-electron chi connectivity index (χ4n) is 5.43. The number of benzene rings is 2. The average molecular weight is 545 g/mol. The number of hydrogen-bond donors (Lipinski definition) is 1. The highest BCUT2D eigenvalue weighted by Gasteiger charge is 2.59. The van der Waals surface area contributed by atoms with Gasteiger partial charge in [-0.2, -0.15) is 0 Å². The van der Waals surface area contributed by atoms with Gasteiger partial charge in [0.05, 0.1) is 16.9 Å². The Kier molecular flexibility index (Phi) is 6.88. The van der Waals surface area contributed by atoms with E-state index in [1.54, 1.807) is 49.4 Å². The summed E-state index contributed by atoms with van der Waals surface area (Å²) >= 11 is 1.31. The number of carbonyl (C=O) groups is 3. The summed E-state index contributed by atoms with van der Waals surface area (Å²) in [6.45, 7) is 3.52. The molecule has 0 saturated carbocycles. The molecule has 1 N–H and O–H groups in total. The molecule has 4 atom stereocenters. The van der Waals surface area contributed by atoms with Gasteiger partial charge in [-0.15, -0.1) is 11.3 Å². The topological polar surface area (TPSA) is 131 Å². The first-order chi connectivity index (χ1) is 18.7. The molecule has 1 amide bonds. The highest BCUT2D eigenvalue weighted by Crippen LogP contribution is 2.53. The molecular formula is C29H24N2O7S. The van der Waals surface area contributed by atoms with E-state index >= 15 is 0 Å². The summed E-state index contributed by atoms with van der Waals surface area (Å²) in [6.07, 6.45) is 0. The lowest BCUT2D eigenvalue weighted by atomic mass is 9.79. The molecule has 1 fully saturated rings. The minimum atomic E-state index is -1.43. The number of hydrogen-bond acceptors (Lipinski definition) is 7. The van der Waals surface area contributed by atoms with Crippen LogP contribution in [0.25, 0.3) is 0 Å². The first-order valence-electron chi connectivity index (χ1n) is 12.2. The lowest BCUT2D eigenvalue weighted by Crippen LogP contribution is -2.43. The smallest absolute Gasteiger partial charge is 0.327 e. The third kappa shape index (κ3) is 4.63. The van der Waals surface area contributed by atoms with Crippen LogP contribution in [0.3, 0.4) is 0 Å². The number of non-ortho nitro benzene ring substituents is 1. The third-order valence-electron chi connectivity index (χ3n) is 7.09. The van der Waals surface area contributed by atoms with E-state index < -0.39 is 46.5 Å². The van der Waals surface area contributed by atoms with E-state index in [0.717, 1.165) is 5.56 Å². The van der Waals surface area contributed by atoms with Crippen molar-refractivity contribution in [1.82, 2.24) is 4.90 Å². The molecule has 2 aromatic heterocycles. The Morgan fingerprint density at radius 1 is 1.00 bits per heavy atom. The monoisotopic (exact) mass is 544 g/mol. The number of nitro groups is 1. The van der Waals surface area contributed by atoms with Crippen molar-refractivity contribution in [2.24, 2.45) is 5.92 Å². The Hall–Kier alpha value is -4.57. The van der Waals surface area contributed by atoms with Gasteiger partial charge < -0.3 is 14.4 Å². The van der Waals surface area contributed by atoms with Crippen molar-refractivity contribution in [3.05, 3.63) is 121 Å². The van der Waals surface area contributed by atoms with Crippen molar-refractivity contribution in [1.29, 1.82) is 0 Å². The van der Waals surface area contributed by atoms with Gasteiger partial charge in [0.2, 0.25) is 5.78 Å². The number of furan rings is 1. The number of thiophene rings is 1. The lowest BCUT2D eigenvalue weighted by molar-refractivity contribution is -0.385. The number of ketones is 1. The van der Waals surface area contributed by atoms with Crippen LogP contribution in [0.15, 0.2) is 82.6 Å². The Morgan fingerprint density at radius 3 is 2.33 bits per heavy atom. The Balaban J connectivity index is 1.80. The molecule has 39 heavy (non-hydrogen) atoms. The molecule has 0 radical (unpaired) electrons. The number of Topliss-reactive ketones (excluding diaryl/α,β-unsaturated/α-hetero) is 1. The SMILES string of the molecule is Cc1ccc(C(=O)C2C(c3sccc3C)C(C(=O)O)N(C(=O)c3ccccc3)C2c2cccc([N+](=O)[O-])c2)o1. The average Bonchev–Trinajstić information content (AvgIpc) is 3.64. The van der Waals surface area contributed by atoms with Crippen molar-refractivity contribution in [3.63, 3.8) is 0 Å². The van der Waals surface area contributed by atoms with Crippen LogP contribution in [0.2, 0.25) is 0 Å². The standard InChI is InChI=1S/C29H24N2O7S/c1-16-13-14-39-27(16)23-22(26(32)21-12-11-17(2)38-21)24(19-9-6-10-20(15-19)31(36)37)30(25(23)29(34)35)28(33)18-7-4-3-5-8-18/h3-15,22-25H,1-2H3,(H,34,35). The first kappa shape index (κ1) is 26.1. The number of carboxylic acid groups (broad SMARTS) is 1. The number of aryl methyl sites for hydroxylation is 2. The number of aliphatic carboxylic acids is 1. The number of nitrogens with zero attached hydrogens (tertiary/aromatic N) is 2. The van der Waals surface area contributed by atoms with Gasteiger partial charge in [0, 0.05) is 28.5 Å². The quantitative estimate of drug-likeness (QED) is 0.177. The minimum Gasteiger partial charge on any atom is -0.480 e. The molecule has 2 aromatic carbocycles. The Morgan fingerprint density at radius 2 is 1.74 bits per heavy atom. The van der Waals surface area contributed by atoms with Gasteiger partial charge in [0.1, 0.15) is 11.8 Å². The number of rotatable bonds is 7. The number of likely N-dealkylation sites (tertiary alicyclic amines) is 1. The second-order valence-corrected chi connectivity index (χ2v) is 10.4. The van der Waals surface area contributed by atoms with Crippen LogP contribution >= 0.6 is 11.3 Å². The summed E-state index contributed by atoms with van der Waals surface area (Å²) in [7, 11) is 0. The Bertz CT molecular complexity index is 1570. The van der Waals surface area contributed by atoms with Crippen molar-refractivity contribution in [2.75, 3.05) is 0 Å². The van der Waals surface area contributed by atoms with Gasteiger partial charge in [-0.25, -0.2) is 4.79 Å². The van der Waals surface area contributed by atoms with Crippen LogP contribution < -0.4 is 0 Å². The Labute approximate surface area is 227 Å². The van der Waals surface area contributed by atoms with Gasteiger partial charge in [-0.05, 0) is 60.7 Å². The van der Waals surface area contributed by atoms with Crippen molar-refractivity contribution < 1.29 is 28.8 Å². The van der Waals surface area contributed by atoms with Crippen LogP contribution in [0.1, 0.15) is 54.6 Å². The molecule has 1 aliphatic rings. The number of nitro benzene ring substituents is 1. The number of carboxylic acids is 1. The zero-order valence-electron chi connectivity index (χ0n) is 21.0. The molecule has 1 saturated heterocycles. The highest BCUT2D eigenvalue weighted by atomic mass is 32.1. The molecule has 5 rings (SSSR count). The van der Waals surface area contributed by atoms with E-state index in [2.05, 4.69) is 0 Å². The maximum absolute atomic E-state index is 14.2. The largest absolute Gasteiger partial charge is 0.480 e. The number of carbonyl (C=O) groups excluding carboxylic acids is 2. The van der Waals surface area contributed by atoms with E-state index in [9.17, 15) is 29.6 Å². The summed E-state index contributed by atoms with van der Waals surface area (Å²) in [5.41, 5.74) is 1.08. The van der Waals surface area contributed by atoms with Crippen LogP contribution in [-0.2, 0) is 4.79 Å². The van der Waals surface area contributed by atoms with E-state index in [1.165, 1.54) is 40.5 Å². The first-order valence-corrected chi connectivity index (χ1v) is 13.1. The molecule has 1 aliphatic heterocycles. The highest BCUT2D eigenvalue weighted by molar-refractivity contribution is 7.10. The van der Waals surface area contributed by atoms with Gasteiger partial charge in [0.25, 0.3) is 11.6 Å². The molecule has 0 aliphatic carbocycles. The van der Waals surface area contributed by atoms with E-state index in [1.807, 2.05) is 18.4 Å². The van der Waals surface area contributed by atoms with Gasteiger partial charge in [0.15, 0.2) is 5.76 Å². The summed E-state index contributed by atoms with van der Waals surface area (Å²) in [5.74, 6) is -3.85. The molecule has 198 valence electrons. The van der Waals surface area contributed by atoms with Crippen molar-refractivity contribution in [3.8, 4) is 0 Å². The van der Waals surface area contributed by atoms with Crippen LogP contribution in [0.4, 0.5) is 5.69 Å². The zero-order chi connectivity index (χ0) is 27.8. The summed E-state index contributed by atoms with van der Waals surface area (Å²) in [6, 6.07) is 16.3.